The number of nitrogens with one attached hydrogen (secondary N) is 2. The van der Waals surface area contributed by atoms with Crippen molar-refractivity contribution in [2.24, 2.45) is 5.92 Å². The van der Waals surface area contributed by atoms with Crippen LogP contribution in [0.4, 0.5) is 9.18 Å². The average molecular weight is 341 g/mol. The summed E-state index contributed by atoms with van der Waals surface area (Å²) in [6, 6.07) is 5.53. The molecule has 7 heteroatoms. The van der Waals surface area contributed by atoms with Gasteiger partial charge in [-0.3, -0.25) is 4.57 Å². The summed E-state index contributed by atoms with van der Waals surface area (Å²) in [5.41, 5.74) is 0.891. The SMILES string of the molecule is O=C(NCCc1cccc(-n2ccnc2)n1)NCC1C=CC(F)=CC1. The maximum Gasteiger partial charge on any atom is 0.314 e. The molecule has 2 N–H and O–H groups in total. The van der Waals surface area contributed by atoms with Crippen molar-refractivity contribution in [3.8, 4) is 5.82 Å². The number of carbonyl (C=O) groups is 1. The minimum absolute atomic E-state index is 0.138. The van der Waals surface area contributed by atoms with E-state index in [4.69, 9.17) is 0 Å². The number of hydrogen-bond donors (Lipinski definition) is 2. The zero-order valence-electron chi connectivity index (χ0n) is 13.7. The van der Waals surface area contributed by atoms with Crippen molar-refractivity contribution in [3.63, 3.8) is 0 Å². The Morgan fingerprint density at radius 2 is 2.28 bits per heavy atom. The molecule has 1 atom stereocenters. The summed E-state index contributed by atoms with van der Waals surface area (Å²) >= 11 is 0. The Morgan fingerprint density at radius 3 is 3.04 bits per heavy atom. The van der Waals surface area contributed by atoms with Gasteiger partial charge in [-0.05, 0) is 36.6 Å². The predicted molar refractivity (Wildman–Crippen MR) is 92.9 cm³/mol. The van der Waals surface area contributed by atoms with Gasteiger partial charge in [-0.2, -0.15) is 0 Å². The number of allylic oxidation sites excluding steroid dienone is 3. The third-order valence-electron chi connectivity index (χ3n) is 3.90. The monoisotopic (exact) mass is 341 g/mol. The van der Waals surface area contributed by atoms with Crippen LogP contribution in [0.15, 0.2) is 61.0 Å². The van der Waals surface area contributed by atoms with Crippen molar-refractivity contribution in [2.45, 2.75) is 12.8 Å². The number of amides is 2. The molecule has 1 aliphatic carbocycles. The molecule has 1 unspecified atom stereocenters. The van der Waals surface area contributed by atoms with Crippen LogP contribution < -0.4 is 10.6 Å². The maximum absolute atomic E-state index is 12.9. The fourth-order valence-corrected chi connectivity index (χ4v) is 2.52. The zero-order chi connectivity index (χ0) is 17.5. The van der Waals surface area contributed by atoms with Gasteiger partial charge in [0.2, 0.25) is 0 Å². The van der Waals surface area contributed by atoms with E-state index in [1.165, 1.54) is 12.2 Å². The minimum Gasteiger partial charge on any atom is -0.338 e. The van der Waals surface area contributed by atoms with Gasteiger partial charge in [0.05, 0.1) is 0 Å². The number of nitrogens with zero attached hydrogens (tertiary/aromatic N) is 3. The minimum atomic E-state index is -0.228. The number of carbonyl (C=O) groups excluding carboxylic acids is 1. The topological polar surface area (TPSA) is 71.8 Å². The van der Waals surface area contributed by atoms with Gasteiger partial charge < -0.3 is 10.6 Å². The number of hydrogen-bond acceptors (Lipinski definition) is 3. The number of aromatic nitrogens is 3. The van der Waals surface area contributed by atoms with Gasteiger partial charge in [0.25, 0.3) is 0 Å². The van der Waals surface area contributed by atoms with Gasteiger partial charge in [0, 0.05) is 37.6 Å². The van der Waals surface area contributed by atoms with E-state index in [0.717, 1.165) is 11.5 Å². The molecular weight excluding hydrogens is 321 g/mol. The lowest BCUT2D eigenvalue weighted by atomic mass is 10.0. The molecule has 0 spiro atoms. The number of imidazole rings is 1. The quantitative estimate of drug-likeness (QED) is 0.848. The van der Waals surface area contributed by atoms with Gasteiger partial charge in [-0.25, -0.2) is 19.2 Å². The van der Waals surface area contributed by atoms with Crippen LogP contribution in [0.25, 0.3) is 5.82 Å². The Morgan fingerprint density at radius 1 is 1.36 bits per heavy atom. The van der Waals surface area contributed by atoms with Crippen molar-refractivity contribution in [1.29, 1.82) is 0 Å². The zero-order valence-corrected chi connectivity index (χ0v) is 13.7. The maximum atomic E-state index is 12.9. The third kappa shape index (κ3) is 5.00. The van der Waals surface area contributed by atoms with Crippen LogP contribution >= 0.6 is 0 Å². The Labute approximate surface area is 145 Å². The van der Waals surface area contributed by atoms with E-state index in [9.17, 15) is 9.18 Å². The lowest BCUT2D eigenvalue weighted by molar-refractivity contribution is 0.240. The molecule has 0 saturated heterocycles. The van der Waals surface area contributed by atoms with Crippen LogP contribution in [0.3, 0.4) is 0 Å². The summed E-state index contributed by atoms with van der Waals surface area (Å²) in [6.07, 6.45) is 11.2. The molecule has 1 aliphatic rings. The molecular formula is C18H20FN5O. The average Bonchev–Trinajstić information content (AvgIpc) is 3.16. The lowest BCUT2D eigenvalue weighted by Crippen LogP contribution is -2.39. The molecule has 2 heterocycles. The summed E-state index contributed by atoms with van der Waals surface area (Å²) in [5, 5.41) is 5.61. The highest BCUT2D eigenvalue weighted by molar-refractivity contribution is 5.73. The summed E-state index contributed by atoms with van der Waals surface area (Å²) in [4.78, 5) is 20.4. The first-order valence-corrected chi connectivity index (χ1v) is 8.20. The van der Waals surface area contributed by atoms with Gasteiger partial charge in [0.1, 0.15) is 18.0 Å². The van der Waals surface area contributed by atoms with E-state index in [2.05, 4.69) is 20.6 Å². The fraction of sp³-hybridized carbons (Fsp3) is 0.278. The molecule has 2 aromatic rings. The van der Waals surface area contributed by atoms with E-state index < -0.39 is 0 Å². The fourth-order valence-electron chi connectivity index (χ4n) is 2.52. The molecule has 0 aromatic carbocycles. The van der Waals surface area contributed by atoms with Crippen LogP contribution in [-0.4, -0.2) is 33.7 Å². The van der Waals surface area contributed by atoms with Crippen molar-refractivity contribution < 1.29 is 9.18 Å². The molecule has 0 fully saturated rings. The highest BCUT2D eigenvalue weighted by Gasteiger charge is 2.10. The second-order valence-corrected chi connectivity index (χ2v) is 5.79. The third-order valence-corrected chi connectivity index (χ3v) is 3.90. The van der Waals surface area contributed by atoms with E-state index in [1.807, 2.05) is 29.0 Å². The molecule has 3 rings (SSSR count). The molecule has 2 aromatic heterocycles. The Kier molecular flexibility index (Phi) is 5.56. The van der Waals surface area contributed by atoms with Crippen LogP contribution in [0.5, 0.6) is 0 Å². The predicted octanol–water partition coefficient (Wildman–Crippen LogP) is 2.54. The molecule has 25 heavy (non-hydrogen) atoms. The second kappa shape index (κ2) is 8.23. The van der Waals surface area contributed by atoms with Crippen molar-refractivity contribution in [1.82, 2.24) is 25.2 Å². The molecule has 0 radical (unpaired) electrons. The summed E-state index contributed by atoms with van der Waals surface area (Å²) < 4.78 is 14.7. The van der Waals surface area contributed by atoms with E-state index in [-0.39, 0.29) is 17.8 Å². The van der Waals surface area contributed by atoms with Gasteiger partial charge in [0.15, 0.2) is 0 Å². The normalized spacial score (nSPS) is 16.4. The smallest absolute Gasteiger partial charge is 0.314 e. The largest absolute Gasteiger partial charge is 0.338 e. The van der Waals surface area contributed by atoms with Gasteiger partial charge in [-0.15, -0.1) is 0 Å². The first kappa shape index (κ1) is 16.9. The Hall–Kier alpha value is -2.96. The van der Waals surface area contributed by atoms with Crippen LogP contribution in [0.2, 0.25) is 0 Å². The number of urea groups is 1. The van der Waals surface area contributed by atoms with Crippen LogP contribution in [-0.2, 0) is 6.42 Å². The van der Waals surface area contributed by atoms with Gasteiger partial charge >= 0.3 is 6.03 Å². The van der Waals surface area contributed by atoms with E-state index >= 15 is 0 Å². The number of pyridine rings is 1. The molecule has 0 bridgehead atoms. The van der Waals surface area contributed by atoms with Crippen molar-refractivity contribution >= 4 is 6.03 Å². The number of halogens is 1. The van der Waals surface area contributed by atoms with Crippen molar-refractivity contribution in [3.05, 3.63) is 66.7 Å². The van der Waals surface area contributed by atoms with Crippen LogP contribution in [0.1, 0.15) is 12.1 Å². The van der Waals surface area contributed by atoms with E-state index in [1.54, 1.807) is 18.6 Å². The highest BCUT2D eigenvalue weighted by atomic mass is 19.1. The summed E-state index contributed by atoms with van der Waals surface area (Å²) in [5.74, 6) is 0.716. The molecule has 2 amide bonds. The lowest BCUT2D eigenvalue weighted by Gasteiger charge is -2.15. The second-order valence-electron chi connectivity index (χ2n) is 5.79. The molecule has 6 nitrogen and oxygen atoms in total. The summed E-state index contributed by atoms with van der Waals surface area (Å²) in [7, 11) is 0. The van der Waals surface area contributed by atoms with Crippen molar-refractivity contribution in [2.75, 3.05) is 13.1 Å². The Balaban J connectivity index is 1.40. The van der Waals surface area contributed by atoms with Gasteiger partial charge in [-0.1, -0.05) is 12.1 Å². The molecule has 0 saturated carbocycles. The van der Waals surface area contributed by atoms with Crippen LogP contribution in [0, 0.1) is 5.92 Å². The summed E-state index contributed by atoms with van der Waals surface area (Å²) in [6.45, 7) is 0.974. The molecule has 0 aliphatic heterocycles. The number of rotatable bonds is 6. The first-order chi connectivity index (χ1) is 12.2. The Bertz CT molecular complexity index is 770. The standard InChI is InChI=1S/C18H20FN5O/c19-15-6-4-14(5-7-15)12-22-18(25)21-9-8-16-2-1-3-17(23-16)24-11-10-20-13-24/h1-4,6-7,10-11,13-14H,5,8-9,12H2,(H2,21,22,25). The highest BCUT2D eigenvalue weighted by Crippen LogP contribution is 2.15. The first-order valence-electron chi connectivity index (χ1n) is 8.20. The van der Waals surface area contributed by atoms with E-state index in [0.29, 0.717) is 25.9 Å². The molecule has 130 valence electrons.